The number of rotatable bonds is 9. The van der Waals surface area contributed by atoms with Crippen LogP contribution in [0.1, 0.15) is 35.8 Å². The number of nitrogens with zero attached hydrogens (tertiary/aromatic N) is 3. The van der Waals surface area contributed by atoms with E-state index in [2.05, 4.69) is 20.2 Å². The van der Waals surface area contributed by atoms with E-state index >= 15 is 0 Å². The molecule has 5 rings (SSSR count). The first-order valence-electron chi connectivity index (χ1n) is 12.8. The molecule has 0 aliphatic carbocycles. The van der Waals surface area contributed by atoms with Gasteiger partial charge < -0.3 is 34.6 Å². The molecule has 1 fully saturated rings. The first-order valence-corrected chi connectivity index (χ1v) is 12.8. The molecule has 0 saturated carbocycles. The van der Waals surface area contributed by atoms with Crippen LogP contribution < -0.4 is 19.5 Å². The van der Waals surface area contributed by atoms with Crippen LogP contribution in [-0.4, -0.2) is 77.0 Å². The van der Waals surface area contributed by atoms with Crippen LogP contribution in [0.5, 0.6) is 17.4 Å². The van der Waals surface area contributed by atoms with E-state index < -0.39 is 12.1 Å². The second kappa shape index (κ2) is 11.8. The van der Waals surface area contributed by atoms with E-state index in [4.69, 9.17) is 19.3 Å². The van der Waals surface area contributed by atoms with E-state index in [0.717, 1.165) is 48.8 Å². The number of likely N-dealkylation sites (tertiary alicyclic amines) is 1. The number of aliphatic hydroxyl groups is 1. The molecule has 10 nitrogen and oxygen atoms in total. The van der Waals surface area contributed by atoms with Gasteiger partial charge in [0.2, 0.25) is 5.88 Å². The molecule has 1 atom stereocenters. The number of aromatic nitrogens is 2. The van der Waals surface area contributed by atoms with E-state index in [1.165, 1.54) is 6.08 Å². The molecule has 0 bridgehead atoms. The Bertz CT molecular complexity index is 1320. The summed E-state index contributed by atoms with van der Waals surface area (Å²) in [5.41, 5.74) is 2.93. The number of hydrogen-bond donors (Lipinski definition) is 3. The van der Waals surface area contributed by atoms with Crippen molar-refractivity contribution < 1.29 is 29.2 Å². The molecular weight excluding hydrogens is 488 g/mol. The number of carboxylic acid groups (broad SMARTS) is 1. The van der Waals surface area contributed by atoms with Crippen molar-refractivity contribution in [3.8, 4) is 17.4 Å². The summed E-state index contributed by atoms with van der Waals surface area (Å²) in [5.74, 6) is 0.853. The smallest absolute Gasteiger partial charge is 0.328 e. The van der Waals surface area contributed by atoms with E-state index in [-0.39, 0.29) is 0 Å². The van der Waals surface area contributed by atoms with E-state index in [0.29, 0.717) is 60.6 Å². The highest BCUT2D eigenvalue weighted by Crippen LogP contribution is 2.31. The maximum atomic E-state index is 11.2. The number of aliphatic carboxylic acids is 1. The van der Waals surface area contributed by atoms with Gasteiger partial charge in [-0.2, -0.15) is 0 Å². The minimum Gasteiger partial charge on any atom is -0.486 e. The number of carbonyl (C=O) groups is 1. The lowest BCUT2D eigenvalue weighted by molar-refractivity contribution is -0.131. The molecule has 1 unspecified atom stereocenters. The van der Waals surface area contributed by atoms with Crippen LogP contribution in [0.3, 0.4) is 0 Å². The second-order valence-corrected chi connectivity index (χ2v) is 9.46. The van der Waals surface area contributed by atoms with Crippen LogP contribution in [0.2, 0.25) is 0 Å². The number of hydrogen-bond acceptors (Lipinski definition) is 9. The van der Waals surface area contributed by atoms with Gasteiger partial charge in [-0.1, -0.05) is 12.1 Å². The third-order valence-corrected chi connectivity index (χ3v) is 6.95. The number of piperidine rings is 1. The summed E-state index contributed by atoms with van der Waals surface area (Å²) in [6.07, 6.45) is 5.52. The molecule has 1 aromatic carbocycles. The molecule has 0 amide bonds. The Kier molecular flexibility index (Phi) is 8.02. The molecule has 38 heavy (non-hydrogen) atoms. The van der Waals surface area contributed by atoms with Crippen LogP contribution in [0, 0.1) is 0 Å². The highest BCUT2D eigenvalue weighted by Gasteiger charge is 2.23. The number of ether oxygens (including phenoxy) is 3. The molecule has 1 saturated heterocycles. The van der Waals surface area contributed by atoms with Crippen molar-refractivity contribution >= 4 is 22.9 Å². The summed E-state index contributed by atoms with van der Waals surface area (Å²) in [5, 5.41) is 24.6. The lowest BCUT2D eigenvalue weighted by atomic mass is 9.98. The molecule has 4 heterocycles. The van der Waals surface area contributed by atoms with Crippen molar-refractivity contribution in [2.75, 3.05) is 40.0 Å². The molecule has 2 aromatic heterocycles. The normalized spacial score (nSPS) is 17.1. The highest BCUT2D eigenvalue weighted by atomic mass is 16.6. The Hall–Kier alpha value is -3.73. The predicted molar refractivity (Wildman–Crippen MR) is 141 cm³/mol. The van der Waals surface area contributed by atoms with E-state index in [1.807, 2.05) is 24.3 Å². The van der Waals surface area contributed by atoms with Crippen LogP contribution in [0.15, 0.2) is 42.6 Å². The molecule has 3 aromatic rings. The minimum atomic E-state index is -1.02. The zero-order valence-corrected chi connectivity index (χ0v) is 21.3. The Balaban J connectivity index is 1.19. The van der Waals surface area contributed by atoms with E-state index in [1.54, 1.807) is 19.4 Å². The molecule has 3 N–H and O–H groups in total. The predicted octanol–water partition coefficient (Wildman–Crippen LogP) is 2.80. The number of β-amino-alcohol motifs (C(OH)–C–C–N with tert-alkyl or cyclic N) is 1. The van der Waals surface area contributed by atoms with Crippen molar-refractivity contribution in [1.29, 1.82) is 0 Å². The van der Waals surface area contributed by atoms with Gasteiger partial charge in [-0.3, -0.25) is 4.98 Å². The highest BCUT2D eigenvalue weighted by molar-refractivity contribution is 5.94. The van der Waals surface area contributed by atoms with Crippen LogP contribution in [0.4, 0.5) is 0 Å². The summed E-state index contributed by atoms with van der Waals surface area (Å²) < 4.78 is 16.5. The Morgan fingerprint density at radius 1 is 1.21 bits per heavy atom. The maximum Gasteiger partial charge on any atom is 0.328 e. The minimum absolute atomic E-state index is 0.366. The lowest BCUT2D eigenvalue weighted by Gasteiger charge is -2.33. The summed E-state index contributed by atoms with van der Waals surface area (Å²) in [6, 6.07) is 9.50. The first-order chi connectivity index (χ1) is 18.5. The number of methoxy groups -OCH3 is 1. The fraction of sp³-hybridized carbons (Fsp3) is 0.393. The van der Waals surface area contributed by atoms with Gasteiger partial charge in [0.1, 0.15) is 13.2 Å². The third-order valence-electron chi connectivity index (χ3n) is 6.95. The third kappa shape index (κ3) is 6.04. The molecule has 10 heteroatoms. The Morgan fingerprint density at radius 3 is 2.76 bits per heavy atom. The van der Waals surface area contributed by atoms with Crippen LogP contribution in [-0.2, 0) is 11.3 Å². The zero-order valence-electron chi connectivity index (χ0n) is 21.3. The quantitative estimate of drug-likeness (QED) is 0.363. The summed E-state index contributed by atoms with van der Waals surface area (Å²) in [7, 11) is 1.54. The number of nitrogens with one attached hydrogen (secondary N) is 1. The van der Waals surface area contributed by atoms with Gasteiger partial charge >= 0.3 is 5.97 Å². The lowest BCUT2D eigenvalue weighted by Crippen LogP contribution is -2.43. The van der Waals surface area contributed by atoms with Crippen molar-refractivity contribution in [1.82, 2.24) is 20.2 Å². The number of aliphatic hydroxyl groups excluding tert-OH is 1. The molecule has 2 aliphatic rings. The number of pyridine rings is 2. The summed E-state index contributed by atoms with van der Waals surface area (Å²) >= 11 is 0. The maximum absolute atomic E-state index is 11.2. The average molecular weight is 521 g/mol. The topological polar surface area (TPSA) is 126 Å². The fourth-order valence-electron chi connectivity index (χ4n) is 4.93. The molecular formula is C28H32N4O6. The monoisotopic (exact) mass is 520 g/mol. The fourth-order valence-corrected chi connectivity index (χ4v) is 4.93. The first kappa shape index (κ1) is 25.9. The van der Waals surface area contributed by atoms with Gasteiger partial charge in [-0.15, -0.1) is 0 Å². The average Bonchev–Trinajstić information content (AvgIpc) is 2.94. The largest absolute Gasteiger partial charge is 0.486 e. The molecule has 200 valence electrons. The molecule has 2 aliphatic heterocycles. The second-order valence-electron chi connectivity index (χ2n) is 9.46. The molecule has 0 spiro atoms. The van der Waals surface area contributed by atoms with Crippen LogP contribution in [0.25, 0.3) is 17.0 Å². The summed E-state index contributed by atoms with van der Waals surface area (Å²) in [4.78, 5) is 22.3. The van der Waals surface area contributed by atoms with Crippen LogP contribution >= 0.6 is 0 Å². The van der Waals surface area contributed by atoms with Crippen molar-refractivity contribution in [3.63, 3.8) is 0 Å². The molecule has 0 radical (unpaired) electrons. The zero-order chi connectivity index (χ0) is 26.5. The van der Waals surface area contributed by atoms with Crippen molar-refractivity contribution in [2.24, 2.45) is 0 Å². The van der Waals surface area contributed by atoms with Gasteiger partial charge in [0, 0.05) is 48.3 Å². The van der Waals surface area contributed by atoms with Crippen molar-refractivity contribution in [3.05, 3.63) is 59.4 Å². The van der Waals surface area contributed by atoms with Gasteiger partial charge in [0.25, 0.3) is 0 Å². The van der Waals surface area contributed by atoms with Gasteiger partial charge in [-0.25, -0.2) is 9.78 Å². The van der Waals surface area contributed by atoms with E-state index in [9.17, 15) is 9.90 Å². The standard InChI is InChI=1S/C28H32N4O6/c1-36-26-6-5-21-18(3-7-27(34)35)2-4-22(28(21)31-26)23(33)17-32-10-8-19(9-11-32)29-15-20-14-24-25(16-30-20)38-13-12-37-24/h2-7,14,16,19,23,29,33H,8-13,15,17H2,1H3,(H,34,35)/b7-3+. The van der Waals surface area contributed by atoms with Gasteiger partial charge in [0.15, 0.2) is 11.5 Å². The SMILES string of the molecule is COc1ccc2c(/C=C/C(=O)O)ccc(C(O)CN3CCC(NCc4cc5c(cn4)OCCO5)CC3)c2n1. The Labute approximate surface area is 220 Å². The van der Waals surface area contributed by atoms with Gasteiger partial charge in [-0.05, 0) is 43.6 Å². The number of benzene rings is 1. The summed E-state index contributed by atoms with van der Waals surface area (Å²) in [6.45, 7) is 3.96. The number of carboxylic acids is 1. The number of fused-ring (bicyclic) bond motifs is 2. The van der Waals surface area contributed by atoms with Gasteiger partial charge in [0.05, 0.1) is 30.6 Å². The Morgan fingerprint density at radius 2 is 2.00 bits per heavy atom. The van der Waals surface area contributed by atoms with Crippen molar-refractivity contribution in [2.45, 2.75) is 31.5 Å².